The van der Waals surface area contributed by atoms with Gasteiger partial charge in [0.2, 0.25) is 0 Å². The van der Waals surface area contributed by atoms with E-state index in [4.69, 9.17) is 0 Å². The molecule has 0 unspecified atom stereocenters. The number of allylic oxidation sites excluding steroid dienone is 4. The summed E-state index contributed by atoms with van der Waals surface area (Å²) in [7, 11) is 0. The lowest BCUT2D eigenvalue weighted by Gasteiger charge is -2.11. The van der Waals surface area contributed by atoms with E-state index in [0.717, 1.165) is 6.42 Å². The summed E-state index contributed by atoms with van der Waals surface area (Å²) in [5, 5.41) is 0. The van der Waals surface area contributed by atoms with Gasteiger partial charge in [-0.1, -0.05) is 72.0 Å². The second-order valence-electron chi connectivity index (χ2n) is 7.73. The van der Waals surface area contributed by atoms with E-state index in [1.54, 1.807) is 0 Å². The maximum Gasteiger partial charge on any atom is 0.0154 e. The van der Waals surface area contributed by atoms with Crippen LogP contribution in [-0.4, -0.2) is 0 Å². The summed E-state index contributed by atoms with van der Waals surface area (Å²) < 4.78 is 0. The van der Waals surface area contributed by atoms with Crippen LogP contribution in [0.1, 0.15) is 35.6 Å². The highest BCUT2D eigenvalue weighted by Crippen LogP contribution is 2.34. The molecule has 1 heteroatoms. The molecule has 0 aliphatic heterocycles. The Bertz CT molecular complexity index is 1080. The third kappa shape index (κ3) is 3.86. The van der Waals surface area contributed by atoms with Crippen molar-refractivity contribution in [1.29, 1.82) is 0 Å². The van der Waals surface area contributed by atoms with Gasteiger partial charge < -0.3 is 0 Å². The molecule has 0 saturated carbocycles. The van der Waals surface area contributed by atoms with Crippen LogP contribution >= 0.6 is 11.8 Å². The van der Waals surface area contributed by atoms with Crippen LogP contribution in [0.3, 0.4) is 0 Å². The largest absolute Gasteiger partial charge is 0.0898 e. The average Bonchev–Trinajstić information content (AvgIpc) is 3.11. The predicted molar refractivity (Wildman–Crippen MR) is 123 cm³/mol. The predicted octanol–water partition coefficient (Wildman–Crippen LogP) is 8.16. The van der Waals surface area contributed by atoms with Crippen molar-refractivity contribution >= 4 is 17.3 Å². The molecular weight excluding hydrogens is 356 g/mol. The van der Waals surface area contributed by atoms with Gasteiger partial charge in [0, 0.05) is 9.79 Å². The van der Waals surface area contributed by atoms with Gasteiger partial charge in [0.05, 0.1) is 0 Å². The molecule has 0 nitrogen and oxygen atoms in total. The summed E-state index contributed by atoms with van der Waals surface area (Å²) in [6, 6.07) is 22.4. The number of hydrogen-bond donors (Lipinski definition) is 0. The van der Waals surface area contributed by atoms with Gasteiger partial charge in [-0.3, -0.25) is 0 Å². The lowest BCUT2D eigenvalue weighted by molar-refractivity contribution is 1.25. The molecule has 1 aliphatic carbocycles. The van der Waals surface area contributed by atoms with Crippen molar-refractivity contribution in [2.24, 2.45) is 0 Å². The summed E-state index contributed by atoms with van der Waals surface area (Å²) in [6.45, 7) is 8.78. The van der Waals surface area contributed by atoms with Crippen molar-refractivity contribution in [3.05, 3.63) is 101 Å². The summed E-state index contributed by atoms with van der Waals surface area (Å²) in [4.78, 5) is 2.61. The zero-order chi connectivity index (χ0) is 19.7. The van der Waals surface area contributed by atoms with Gasteiger partial charge in [-0.25, -0.2) is 0 Å². The Labute approximate surface area is 173 Å². The van der Waals surface area contributed by atoms with Crippen molar-refractivity contribution in [1.82, 2.24) is 0 Å². The first-order chi connectivity index (χ1) is 13.5. The second kappa shape index (κ2) is 7.85. The zero-order valence-corrected chi connectivity index (χ0v) is 17.9. The monoisotopic (exact) mass is 382 g/mol. The molecule has 0 radical (unpaired) electrons. The first kappa shape index (κ1) is 18.8. The Kier molecular flexibility index (Phi) is 5.28. The lowest BCUT2D eigenvalue weighted by atomic mass is 9.94. The molecule has 4 rings (SSSR count). The van der Waals surface area contributed by atoms with Crippen LogP contribution in [0.15, 0.2) is 88.2 Å². The molecule has 0 aromatic heterocycles. The van der Waals surface area contributed by atoms with Gasteiger partial charge in [0.25, 0.3) is 0 Å². The van der Waals surface area contributed by atoms with E-state index in [-0.39, 0.29) is 0 Å². The Balaban J connectivity index is 1.57. The SMILES string of the molecule is CC1=C(c2ccc(-c3ccc(Sc4cc(C)ccc4C)cc3)cc2C)C=CC1. The Hall–Kier alpha value is -2.51. The smallest absolute Gasteiger partial charge is 0.0154 e. The minimum atomic E-state index is 1.08. The van der Waals surface area contributed by atoms with E-state index in [1.807, 2.05) is 11.8 Å². The van der Waals surface area contributed by atoms with Gasteiger partial charge in [0.15, 0.2) is 0 Å². The van der Waals surface area contributed by atoms with E-state index in [2.05, 4.69) is 101 Å². The van der Waals surface area contributed by atoms with Crippen LogP contribution in [0.5, 0.6) is 0 Å². The van der Waals surface area contributed by atoms with E-state index in [1.165, 1.54) is 54.3 Å². The first-order valence-corrected chi connectivity index (χ1v) is 10.7. The van der Waals surface area contributed by atoms with Crippen molar-refractivity contribution in [3.63, 3.8) is 0 Å². The fraction of sp³-hybridized carbons (Fsp3) is 0.185. The van der Waals surface area contributed by atoms with Crippen molar-refractivity contribution in [3.8, 4) is 11.1 Å². The molecule has 140 valence electrons. The summed E-state index contributed by atoms with van der Waals surface area (Å²) in [5.41, 5.74) is 10.7. The number of aryl methyl sites for hydroxylation is 3. The molecule has 0 bridgehead atoms. The Morgan fingerprint density at radius 3 is 2.14 bits per heavy atom. The van der Waals surface area contributed by atoms with Gasteiger partial charge in [-0.15, -0.1) is 0 Å². The maximum absolute atomic E-state index is 2.31. The van der Waals surface area contributed by atoms with Crippen LogP contribution in [0.25, 0.3) is 16.7 Å². The average molecular weight is 383 g/mol. The van der Waals surface area contributed by atoms with Crippen LogP contribution in [0.2, 0.25) is 0 Å². The molecule has 0 heterocycles. The Morgan fingerprint density at radius 1 is 0.714 bits per heavy atom. The van der Waals surface area contributed by atoms with Gasteiger partial charge >= 0.3 is 0 Å². The molecule has 3 aromatic rings. The van der Waals surface area contributed by atoms with Gasteiger partial charge in [-0.05, 0) is 91.3 Å². The number of benzene rings is 3. The summed E-state index contributed by atoms with van der Waals surface area (Å²) >= 11 is 1.84. The molecule has 3 aromatic carbocycles. The Morgan fingerprint density at radius 2 is 1.46 bits per heavy atom. The minimum Gasteiger partial charge on any atom is -0.0898 e. The molecule has 28 heavy (non-hydrogen) atoms. The van der Waals surface area contributed by atoms with Crippen LogP contribution in [0.4, 0.5) is 0 Å². The summed E-state index contributed by atoms with van der Waals surface area (Å²) in [6.07, 6.45) is 5.59. The van der Waals surface area contributed by atoms with E-state index in [0.29, 0.717) is 0 Å². The third-order valence-corrected chi connectivity index (χ3v) is 6.61. The molecule has 0 N–H and O–H groups in total. The fourth-order valence-electron chi connectivity index (χ4n) is 3.73. The second-order valence-corrected chi connectivity index (χ2v) is 8.84. The van der Waals surface area contributed by atoms with Gasteiger partial charge in [0.1, 0.15) is 0 Å². The fourth-order valence-corrected chi connectivity index (χ4v) is 4.73. The summed E-state index contributed by atoms with van der Waals surface area (Å²) in [5.74, 6) is 0. The first-order valence-electron chi connectivity index (χ1n) is 9.84. The topological polar surface area (TPSA) is 0 Å². The molecule has 0 fully saturated rings. The standard InChI is InChI=1S/C27H26S/c1-18-8-9-20(3)27(16-18)28-24-13-10-22(11-14-24)23-12-15-26(21(4)17-23)25-7-5-6-19(25)2/h5,7-17H,6H2,1-4H3. The quantitative estimate of drug-likeness (QED) is 0.438. The minimum absolute atomic E-state index is 1.08. The highest BCUT2D eigenvalue weighted by Gasteiger charge is 2.11. The molecular formula is C27H26S. The van der Waals surface area contributed by atoms with E-state index < -0.39 is 0 Å². The lowest BCUT2D eigenvalue weighted by Crippen LogP contribution is -1.89. The number of rotatable bonds is 4. The highest BCUT2D eigenvalue weighted by molar-refractivity contribution is 7.99. The van der Waals surface area contributed by atoms with Crippen molar-refractivity contribution in [2.45, 2.75) is 43.9 Å². The highest BCUT2D eigenvalue weighted by atomic mass is 32.2. The van der Waals surface area contributed by atoms with Crippen LogP contribution < -0.4 is 0 Å². The van der Waals surface area contributed by atoms with Crippen molar-refractivity contribution < 1.29 is 0 Å². The molecule has 1 aliphatic rings. The van der Waals surface area contributed by atoms with Crippen LogP contribution in [-0.2, 0) is 0 Å². The van der Waals surface area contributed by atoms with Crippen molar-refractivity contribution in [2.75, 3.05) is 0 Å². The zero-order valence-electron chi connectivity index (χ0n) is 17.0. The van der Waals surface area contributed by atoms with Gasteiger partial charge in [-0.2, -0.15) is 0 Å². The third-order valence-electron chi connectivity index (χ3n) is 5.44. The molecule has 0 saturated heterocycles. The number of hydrogen-bond acceptors (Lipinski definition) is 1. The molecule has 0 atom stereocenters. The molecule has 0 amide bonds. The van der Waals surface area contributed by atoms with Crippen LogP contribution in [0, 0.1) is 20.8 Å². The van der Waals surface area contributed by atoms with E-state index in [9.17, 15) is 0 Å². The normalized spacial score (nSPS) is 13.4. The van der Waals surface area contributed by atoms with E-state index >= 15 is 0 Å². The maximum atomic E-state index is 2.31. The molecule has 0 spiro atoms.